The van der Waals surface area contributed by atoms with E-state index in [-0.39, 0.29) is 11.9 Å². The summed E-state index contributed by atoms with van der Waals surface area (Å²) in [6.07, 6.45) is 2.39. The summed E-state index contributed by atoms with van der Waals surface area (Å²) in [6, 6.07) is 17.4. The quantitative estimate of drug-likeness (QED) is 0.766. The third-order valence-corrected chi connectivity index (χ3v) is 4.69. The van der Waals surface area contributed by atoms with Gasteiger partial charge in [-0.3, -0.25) is 4.79 Å². The van der Waals surface area contributed by atoms with Crippen LogP contribution >= 0.6 is 0 Å². The Hall–Kier alpha value is -3.41. The molecule has 6 nitrogen and oxygen atoms in total. The number of anilines is 3. The number of nitrogens with one attached hydrogen (secondary N) is 1. The van der Waals surface area contributed by atoms with E-state index in [0.29, 0.717) is 11.4 Å². The highest BCUT2D eigenvalue weighted by Crippen LogP contribution is 2.37. The van der Waals surface area contributed by atoms with Crippen molar-refractivity contribution >= 4 is 23.1 Å². The number of fused-ring (bicyclic) bond motifs is 1. The third-order valence-electron chi connectivity index (χ3n) is 4.69. The highest BCUT2D eigenvalue weighted by atomic mass is 16.5. The van der Waals surface area contributed by atoms with Gasteiger partial charge in [0.2, 0.25) is 0 Å². The summed E-state index contributed by atoms with van der Waals surface area (Å²) in [6.45, 7) is 2.15. The number of rotatable bonds is 4. The van der Waals surface area contributed by atoms with Crippen LogP contribution in [-0.4, -0.2) is 29.0 Å². The van der Waals surface area contributed by atoms with Crippen molar-refractivity contribution in [2.24, 2.45) is 0 Å². The first kappa shape index (κ1) is 17.0. The monoisotopic (exact) mass is 360 g/mol. The minimum absolute atomic E-state index is 0.273. The Bertz CT molecular complexity index is 972. The zero-order chi connectivity index (χ0) is 18.8. The second kappa shape index (κ2) is 7.07. The summed E-state index contributed by atoms with van der Waals surface area (Å²) < 4.78 is 5.13. The van der Waals surface area contributed by atoms with Gasteiger partial charge in [-0.1, -0.05) is 18.2 Å². The molecule has 0 fully saturated rings. The number of methoxy groups -OCH3 is 1. The molecule has 4 rings (SSSR count). The number of carbonyl (C=O) groups is 1. The Kier molecular flexibility index (Phi) is 4.46. The molecular formula is C21H20N4O2. The summed E-state index contributed by atoms with van der Waals surface area (Å²) >= 11 is 0. The van der Waals surface area contributed by atoms with Crippen LogP contribution in [0.1, 0.15) is 23.0 Å². The summed E-state index contributed by atoms with van der Waals surface area (Å²) in [5.41, 5.74) is 3.42. The maximum atomic E-state index is 12.6. The van der Waals surface area contributed by atoms with Crippen LogP contribution in [0.2, 0.25) is 0 Å². The predicted octanol–water partition coefficient (Wildman–Crippen LogP) is 3.82. The molecule has 136 valence electrons. The van der Waals surface area contributed by atoms with Gasteiger partial charge in [-0.15, -0.1) is 0 Å². The predicted molar refractivity (Wildman–Crippen MR) is 105 cm³/mol. The molecule has 0 aliphatic carbocycles. The van der Waals surface area contributed by atoms with E-state index in [4.69, 9.17) is 4.74 Å². The van der Waals surface area contributed by atoms with Crippen LogP contribution in [-0.2, 0) is 6.42 Å². The first-order valence-corrected chi connectivity index (χ1v) is 8.80. The topological polar surface area (TPSA) is 67.3 Å². The molecule has 1 amide bonds. The molecule has 0 saturated carbocycles. The molecule has 2 aromatic carbocycles. The molecule has 0 bridgehead atoms. The van der Waals surface area contributed by atoms with E-state index < -0.39 is 0 Å². The van der Waals surface area contributed by atoms with E-state index in [1.807, 2.05) is 12.1 Å². The van der Waals surface area contributed by atoms with Crippen molar-refractivity contribution in [3.8, 4) is 5.75 Å². The first-order chi connectivity index (χ1) is 13.2. The molecular weight excluding hydrogens is 340 g/mol. The number of benzene rings is 2. The van der Waals surface area contributed by atoms with Crippen molar-refractivity contribution in [3.63, 3.8) is 0 Å². The van der Waals surface area contributed by atoms with Gasteiger partial charge >= 0.3 is 0 Å². The molecule has 1 aromatic heterocycles. The van der Waals surface area contributed by atoms with Crippen LogP contribution in [0.15, 0.2) is 60.9 Å². The summed E-state index contributed by atoms with van der Waals surface area (Å²) in [5, 5.41) is 2.85. The lowest BCUT2D eigenvalue weighted by molar-refractivity contribution is 0.102. The lowest BCUT2D eigenvalue weighted by atomic mass is 10.1. The van der Waals surface area contributed by atoms with Crippen LogP contribution in [0.3, 0.4) is 0 Å². The molecule has 1 aliphatic heterocycles. The molecule has 2 heterocycles. The van der Waals surface area contributed by atoms with Crippen molar-refractivity contribution in [3.05, 3.63) is 72.2 Å². The summed E-state index contributed by atoms with van der Waals surface area (Å²) in [4.78, 5) is 23.3. The van der Waals surface area contributed by atoms with Crippen molar-refractivity contribution in [1.29, 1.82) is 0 Å². The standard InChI is InChI=1S/C21H20N4O2/c1-14-11-15-5-3-4-6-19(15)25(14)20-12-18(22-13-23-20)21(26)24-16-7-9-17(27-2)10-8-16/h3-10,12-14H,11H2,1-2H3,(H,24,26). The number of para-hydroxylation sites is 1. The smallest absolute Gasteiger partial charge is 0.274 e. The third kappa shape index (κ3) is 3.33. The average molecular weight is 360 g/mol. The summed E-state index contributed by atoms with van der Waals surface area (Å²) in [5.74, 6) is 1.19. The van der Waals surface area contributed by atoms with Crippen molar-refractivity contribution in [2.45, 2.75) is 19.4 Å². The second-order valence-corrected chi connectivity index (χ2v) is 6.50. The van der Waals surface area contributed by atoms with E-state index in [1.165, 1.54) is 11.9 Å². The SMILES string of the molecule is COc1ccc(NC(=O)c2cc(N3c4ccccc4CC3C)ncn2)cc1. The summed E-state index contributed by atoms with van der Waals surface area (Å²) in [7, 11) is 1.60. The lowest BCUT2D eigenvalue weighted by Crippen LogP contribution is -2.25. The van der Waals surface area contributed by atoms with Crippen LogP contribution in [0.5, 0.6) is 5.75 Å². The minimum atomic E-state index is -0.274. The highest BCUT2D eigenvalue weighted by Gasteiger charge is 2.28. The molecule has 0 saturated heterocycles. The number of hydrogen-bond donors (Lipinski definition) is 1. The van der Waals surface area contributed by atoms with Crippen molar-refractivity contribution in [1.82, 2.24) is 9.97 Å². The Morgan fingerprint density at radius 1 is 1.15 bits per heavy atom. The fraction of sp³-hybridized carbons (Fsp3) is 0.190. The van der Waals surface area contributed by atoms with Gasteiger partial charge in [0.1, 0.15) is 23.6 Å². The lowest BCUT2D eigenvalue weighted by Gasteiger charge is -2.23. The van der Waals surface area contributed by atoms with E-state index in [9.17, 15) is 4.79 Å². The number of aromatic nitrogens is 2. The highest BCUT2D eigenvalue weighted by molar-refractivity contribution is 6.03. The molecule has 3 aromatic rings. The normalized spacial score (nSPS) is 15.3. The van der Waals surface area contributed by atoms with Gasteiger partial charge in [0.15, 0.2) is 0 Å². The Morgan fingerprint density at radius 3 is 2.70 bits per heavy atom. The molecule has 6 heteroatoms. The van der Waals surface area contributed by atoms with Crippen LogP contribution in [0.25, 0.3) is 0 Å². The van der Waals surface area contributed by atoms with Gasteiger partial charge in [0.25, 0.3) is 5.91 Å². The average Bonchev–Trinajstić information content (AvgIpc) is 3.04. The Morgan fingerprint density at radius 2 is 1.93 bits per heavy atom. The Labute approximate surface area is 157 Å². The van der Waals surface area contributed by atoms with Crippen LogP contribution in [0, 0.1) is 0 Å². The first-order valence-electron chi connectivity index (χ1n) is 8.80. The number of ether oxygens (including phenoxy) is 1. The molecule has 0 radical (unpaired) electrons. The van der Waals surface area contributed by atoms with E-state index in [0.717, 1.165) is 23.7 Å². The fourth-order valence-electron chi connectivity index (χ4n) is 3.39. The van der Waals surface area contributed by atoms with E-state index in [2.05, 4.69) is 39.2 Å². The second-order valence-electron chi connectivity index (χ2n) is 6.50. The number of hydrogen-bond acceptors (Lipinski definition) is 5. The van der Waals surface area contributed by atoms with Gasteiger partial charge < -0.3 is 15.0 Å². The number of amides is 1. The van der Waals surface area contributed by atoms with Crippen LogP contribution < -0.4 is 15.0 Å². The minimum Gasteiger partial charge on any atom is -0.497 e. The van der Waals surface area contributed by atoms with Gasteiger partial charge in [-0.25, -0.2) is 9.97 Å². The number of nitrogens with zero attached hydrogens (tertiary/aromatic N) is 3. The van der Waals surface area contributed by atoms with Crippen molar-refractivity contribution < 1.29 is 9.53 Å². The molecule has 0 spiro atoms. The molecule has 1 N–H and O–H groups in total. The Balaban J connectivity index is 1.58. The van der Waals surface area contributed by atoms with E-state index in [1.54, 1.807) is 37.4 Å². The molecule has 27 heavy (non-hydrogen) atoms. The van der Waals surface area contributed by atoms with Crippen molar-refractivity contribution in [2.75, 3.05) is 17.3 Å². The maximum Gasteiger partial charge on any atom is 0.274 e. The number of carbonyl (C=O) groups excluding carboxylic acids is 1. The largest absolute Gasteiger partial charge is 0.497 e. The molecule has 1 aliphatic rings. The van der Waals surface area contributed by atoms with E-state index >= 15 is 0 Å². The fourth-order valence-corrected chi connectivity index (χ4v) is 3.39. The molecule has 1 atom stereocenters. The van der Waals surface area contributed by atoms with Gasteiger partial charge in [0, 0.05) is 23.5 Å². The van der Waals surface area contributed by atoms with Crippen LogP contribution in [0.4, 0.5) is 17.2 Å². The molecule has 1 unspecified atom stereocenters. The zero-order valence-electron chi connectivity index (χ0n) is 15.2. The zero-order valence-corrected chi connectivity index (χ0v) is 15.2. The maximum absolute atomic E-state index is 12.6. The van der Waals surface area contributed by atoms with Gasteiger partial charge in [-0.05, 0) is 49.2 Å². The van der Waals surface area contributed by atoms with Gasteiger partial charge in [-0.2, -0.15) is 0 Å². The van der Waals surface area contributed by atoms with Gasteiger partial charge in [0.05, 0.1) is 7.11 Å².